The maximum atomic E-state index is 11.4. The number of esters is 1. The van der Waals surface area contributed by atoms with Gasteiger partial charge in [-0.05, 0) is 52.2 Å². The number of hydrogen-bond donors (Lipinski definition) is 1. The van der Waals surface area contributed by atoms with E-state index in [9.17, 15) is 9.90 Å². The first-order valence-corrected chi connectivity index (χ1v) is 10.4. The van der Waals surface area contributed by atoms with Gasteiger partial charge in [0.1, 0.15) is 5.75 Å². The van der Waals surface area contributed by atoms with Crippen LogP contribution in [0.25, 0.3) is 0 Å². The molecule has 1 rings (SSSR count). The fraction of sp³-hybridized carbons (Fsp3) is 0.640. The Bertz CT molecular complexity index is 637. The molecule has 28 heavy (non-hydrogen) atoms. The average Bonchev–Trinajstić information content (AvgIpc) is 2.55. The third-order valence-electron chi connectivity index (χ3n) is 5.19. The summed E-state index contributed by atoms with van der Waals surface area (Å²) in [5.74, 6) is 0.922. The monoisotopic (exact) mass is 388 g/mol. The Hall–Kier alpha value is -1.77. The SMILES string of the molecule is C=CC(=O)OCCC(CCC(C)C)c1cc(C(C)(C)C)c(O)c(C(C)(C)C)c1. The van der Waals surface area contributed by atoms with Crippen molar-refractivity contribution >= 4 is 5.97 Å². The van der Waals surface area contributed by atoms with E-state index >= 15 is 0 Å². The van der Waals surface area contributed by atoms with Crippen LogP contribution in [0.3, 0.4) is 0 Å². The molecular weight excluding hydrogens is 348 g/mol. The number of aromatic hydroxyl groups is 1. The van der Waals surface area contributed by atoms with Gasteiger partial charge in [-0.25, -0.2) is 4.79 Å². The van der Waals surface area contributed by atoms with E-state index in [0.29, 0.717) is 18.3 Å². The number of benzene rings is 1. The predicted octanol–water partition coefficient (Wildman–Crippen LogP) is 6.63. The zero-order valence-corrected chi connectivity index (χ0v) is 19.2. The molecule has 0 spiro atoms. The highest BCUT2D eigenvalue weighted by Gasteiger charge is 2.28. The van der Waals surface area contributed by atoms with Crippen LogP contribution in [0.4, 0.5) is 0 Å². The minimum Gasteiger partial charge on any atom is -0.507 e. The second-order valence-corrected chi connectivity index (χ2v) is 10.3. The highest BCUT2D eigenvalue weighted by molar-refractivity contribution is 5.81. The van der Waals surface area contributed by atoms with Crippen LogP contribution in [0.5, 0.6) is 5.75 Å². The largest absolute Gasteiger partial charge is 0.507 e. The van der Waals surface area contributed by atoms with Gasteiger partial charge in [0.15, 0.2) is 0 Å². The van der Waals surface area contributed by atoms with Crippen LogP contribution in [-0.4, -0.2) is 17.7 Å². The van der Waals surface area contributed by atoms with E-state index in [-0.39, 0.29) is 22.7 Å². The summed E-state index contributed by atoms with van der Waals surface area (Å²) in [5, 5.41) is 11.0. The minimum atomic E-state index is -0.376. The molecule has 158 valence electrons. The molecule has 0 aliphatic heterocycles. The van der Waals surface area contributed by atoms with Crippen molar-refractivity contribution in [1.82, 2.24) is 0 Å². The molecule has 3 heteroatoms. The van der Waals surface area contributed by atoms with Crippen molar-refractivity contribution in [2.24, 2.45) is 5.92 Å². The summed E-state index contributed by atoms with van der Waals surface area (Å²) in [6, 6.07) is 4.32. The lowest BCUT2D eigenvalue weighted by Crippen LogP contribution is -2.19. The fourth-order valence-corrected chi connectivity index (χ4v) is 3.41. The predicted molar refractivity (Wildman–Crippen MR) is 118 cm³/mol. The quantitative estimate of drug-likeness (QED) is 0.402. The van der Waals surface area contributed by atoms with Crippen LogP contribution in [0.15, 0.2) is 24.8 Å². The molecule has 0 heterocycles. The second-order valence-electron chi connectivity index (χ2n) is 10.3. The highest BCUT2D eigenvalue weighted by atomic mass is 16.5. The second kappa shape index (κ2) is 9.62. The molecule has 1 unspecified atom stereocenters. The van der Waals surface area contributed by atoms with Gasteiger partial charge in [-0.3, -0.25) is 0 Å². The normalized spacial score (nSPS) is 13.5. The fourth-order valence-electron chi connectivity index (χ4n) is 3.41. The van der Waals surface area contributed by atoms with Crippen LogP contribution in [0, 0.1) is 5.92 Å². The third-order valence-corrected chi connectivity index (χ3v) is 5.19. The number of ether oxygens (including phenoxy) is 1. The highest BCUT2D eigenvalue weighted by Crippen LogP contribution is 2.42. The summed E-state index contributed by atoms with van der Waals surface area (Å²) in [7, 11) is 0. The van der Waals surface area contributed by atoms with Gasteiger partial charge >= 0.3 is 5.97 Å². The number of phenolic OH excluding ortho intramolecular Hbond substituents is 1. The molecule has 0 radical (unpaired) electrons. The van der Waals surface area contributed by atoms with Crippen LogP contribution < -0.4 is 0 Å². The Morgan fingerprint density at radius 2 is 1.54 bits per heavy atom. The zero-order chi connectivity index (χ0) is 21.7. The first-order chi connectivity index (χ1) is 12.8. The van der Waals surface area contributed by atoms with Gasteiger partial charge in [0.2, 0.25) is 0 Å². The van der Waals surface area contributed by atoms with Gasteiger partial charge in [0.25, 0.3) is 0 Å². The molecule has 0 fully saturated rings. The van der Waals surface area contributed by atoms with Gasteiger partial charge in [0, 0.05) is 6.08 Å². The molecule has 0 amide bonds. The summed E-state index contributed by atoms with van der Waals surface area (Å²) < 4.78 is 5.26. The number of phenols is 1. The van der Waals surface area contributed by atoms with Gasteiger partial charge in [-0.2, -0.15) is 0 Å². The molecule has 1 N–H and O–H groups in total. The summed E-state index contributed by atoms with van der Waals surface area (Å²) in [6.45, 7) is 21.1. The van der Waals surface area contributed by atoms with Gasteiger partial charge in [0.05, 0.1) is 6.61 Å². The van der Waals surface area contributed by atoms with Gasteiger partial charge in [-0.15, -0.1) is 0 Å². The smallest absolute Gasteiger partial charge is 0.330 e. The minimum absolute atomic E-state index is 0.155. The average molecular weight is 389 g/mol. The number of rotatable bonds is 8. The summed E-state index contributed by atoms with van der Waals surface area (Å²) in [5.41, 5.74) is 2.87. The van der Waals surface area contributed by atoms with Crippen LogP contribution in [0.2, 0.25) is 0 Å². The Morgan fingerprint density at radius 3 is 1.93 bits per heavy atom. The Kier molecular flexibility index (Phi) is 8.34. The first kappa shape index (κ1) is 24.3. The Morgan fingerprint density at radius 1 is 1.04 bits per heavy atom. The van der Waals surface area contributed by atoms with E-state index in [0.717, 1.165) is 30.4 Å². The van der Waals surface area contributed by atoms with E-state index in [1.807, 2.05) is 0 Å². The molecular formula is C25H40O3. The molecule has 0 bridgehead atoms. The van der Waals surface area contributed by atoms with E-state index < -0.39 is 0 Å². The maximum absolute atomic E-state index is 11.4. The molecule has 0 saturated carbocycles. The molecule has 0 saturated heterocycles. The molecule has 1 aromatic carbocycles. The topological polar surface area (TPSA) is 46.5 Å². The Balaban J connectivity index is 3.36. The van der Waals surface area contributed by atoms with Crippen LogP contribution in [-0.2, 0) is 20.4 Å². The standard InChI is InChI=1S/C25H40O3/c1-10-22(26)28-14-13-18(12-11-17(2)3)19-15-20(24(4,5)6)23(27)21(16-19)25(7,8)9/h10,15-18,27H,1,11-14H2,2-9H3. The Labute approximate surface area is 172 Å². The third kappa shape index (κ3) is 7.00. The summed E-state index contributed by atoms with van der Waals surface area (Å²) in [4.78, 5) is 11.4. The lowest BCUT2D eigenvalue weighted by Gasteiger charge is -2.30. The van der Waals surface area contributed by atoms with E-state index in [2.05, 4.69) is 74.1 Å². The maximum Gasteiger partial charge on any atom is 0.330 e. The van der Waals surface area contributed by atoms with Crippen molar-refractivity contribution < 1.29 is 14.6 Å². The van der Waals surface area contributed by atoms with Crippen molar-refractivity contribution in [3.8, 4) is 5.75 Å². The summed E-state index contributed by atoms with van der Waals surface area (Å²) in [6.07, 6.45) is 4.11. The van der Waals surface area contributed by atoms with Crippen molar-refractivity contribution in [3.63, 3.8) is 0 Å². The molecule has 1 aromatic rings. The first-order valence-electron chi connectivity index (χ1n) is 10.4. The van der Waals surface area contributed by atoms with Crippen molar-refractivity contribution in [3.05, 3.63) is 41.5 Å². The molecule has 1 atom stereocenters. The van der Waals surface area contributed by atoms with Crippen molar-refractivity contribution in [2.45, 2.75) is 91.4 Å². The van der Waals surface area contributed by atoms with E-state index in [4.69, 9.17) is 4.74 Å². The van der Waals surface area contributed by atoms with Crippen molar-refractivity contribution in [2.75, 3.05) is 6.61 Å². The molecule has 0 aliphatic carbocycles. The molecule has 0 aromatic heterocycles. The lowest BCUT2D eigenvalue weighted by molar-refractivity contribution is -0.137. The van der Waals surface area contributed by atoms with Crippen LogP contribution in [0.1, 0.15) is 97.3 Å². The van der Waals surface area contributed by atoms with Gasteiger partial charge in [-0.1, -0.05) is 80.5 Å². The van der Waals surface area contributed by atoms with E-state index in [1.54, 1.807) is 0 Å². The molecule has 0 aliphatic rings. The number of carbonyl (C=O) groups excluding carboxylic acids is 1. The number of carbonyl (C=O) groups is 1. The van der Waals surface area contributed by atoms with Crippen molar-refractivity contribution in [1.29, 1.82) is 0 Å². The lowest BCUT2D eigenvalue weighted by atomic mass is 9.76. The number of hydrogen-bond acceptors (Lipinski definition) is 3. The van der Waals surface area contributed by atoms with E-state index in [1.165, 1.54) is 11.6 Å². The zero-order valence-electron chi connectivity index (χ0n) is 19.2. The molecule has 3 nitrogen and oxygen atoms in total. The van der Waals surface area contributed by atoms with Gasteiger partial charge < -0.3 is 9.84 Å². The summed E-state index contributed by atoms with van der Waals surface area (Å²) >= 11 is 0. The van der Waals surface area contributed by atoms with Crippen LogP contribution >= 0.6 is 0 Å².